The highest BCUT2D eigenvalue weighted by Gasteiger charge is 2.30. The third-order valence-electron chi connectivity index (χ3n) is 6.14. The summed E-state index contributed by atoms with van der Waals surface area (Å²) in [6.45, 7) is 11.9. The molecule has 180 valence electrons. The molecule has 1 N–H and O–H groups in total. The monoisotopic (exact) mass is 497 g/mol. The zero-order valence-corrected chi connectivity index (χ0v) is 22.0. The van der Waals surface area contributed by atoms with Gasteiger partial charge in [0.25, 0.3) is 0 Å². The van der Waals surface area contributed by atoms with Gasteiger partial charge in [0.05, 0.1) is 17.1 Å². The number of fused-ring (bicyclic) bond motifs is 3. The Morgan fingerprint density at radius 3 is 2.59 bits per heavy atom. The average molecular weight is 498 g/mol. The van der Waals surface area contributed by atoms with Crippen LogP contribution in [0.25, 0.3) is 28.1 Å². The summed E-state index contributed by atoms with van der Waals surface area (Å²) in [5.41, 5.74) is 6.35. The van der Waals surface area contributed by atoms with Gasteiger partial charge >= 0.3 is 0 Å². The highest BCUT2D eigenvalue weighted by atomic mass is 32.2. The largest absolute Gasteiger partial charge is 0.598 e. The van der Waals surface area contributed by atoms with Crippen LogP contribution in [0.2, 0.25) is 0 Å². The van der Waals surface area contributed by atoms with Crippen LogP contribution >= 0.6 is 11.3 Å². The van der Waals surface area contributed by atoms with Gasteiger partial charge in [0.15, 0.2) is 5.65 Å². The molecule has 4 heterocycles. The Kier molecular flexibility index (Phi) is 6.26. The van der Waals surface area contributed by atoms with Crippen molar-refractivity contribution in [1.82, 2.24) is 29.3 Å². The maximum absolute atomic E-state index is 12.9. The van der Waals surface area contributed by atoms with E-state index in [0.29, 0.717) is 5.82 Å². The first-order chi connectivity index (χ1) is 16.2. The number of hydrogen-bond donors (Lipinski definition) is 1. The van der Waals surface area contributed by atoms with Gasteiger partial charge in [-0.05, 0) is 65.5 Å². The lowest BCUT2D eigenvalue weighted by Gasteiger charge is -2.29. The van der Waals surface area contributed by atoms with Gasteiger partial charge in [-0.2, -0.15) is 4.52 Å². The second-order valence-corrected chi connectivity index (χ2v) is 12.7. The Balaban J connectivity index is 1.72. The van der Waals surface area contributed by atoms with Crippen LogP contribution < -0.4 is 9.62 Å². The van der Waals surface area contributed by atoms with Crippen LogP contribution in [0.5, 0.6) is 0 Å². The molecule has 2 atom stereocenters. The van der Waals surface area contributed by atoms with E-state index in [1.54, 1.807) is 5.51 Å². The fourth-order valence-electron chi connectivity index (χ4n) is 4.34. The fourth-order valence-corrected chi connectivity index (χ4v) is 5.67. The Bertz CT molecular complexity index is 1310. The van der Waals surface area contributed by atoms with Crippen molar-refractivity contribution in [3.8, 4) is 11.5 Å². The van der Waals surface area contributed by atoms with Crippen molar-refractivity contribution in [2.45, 2.75) is 64.7 Å². The molecule has 0 aliphatic carbocycles. The van der Waals surface area contributed by atoms with Crippen LogP contribution in [0.15, 0.2) is 23.0 Å². The van der Waals surface area contributed by atoms with Crippen molar-refractivity contribution in [1.29, 1.82) is 0 Å². The van der Waals surface area contributed by atoms with Crippen LogP contribution in [0.4, 0.5) is 5.95 Å². The topological polar surface area (TPSA) is 94.3 Å². The van der Waals surface area contributed by atoms with Gasteiger partial charge in [0.2, 0.25) is 11.8 Å². The zero-order valence-electron chi connectivity index (χ0n) is 20.3. The first-order valence-corrected chi connectivity index (χ1v) is 13.8. The predicted octanol–water partition coefficient (Wildman–Crippen LogP) is 4.81. The summed E-state index contributed by atoms with van der Waals surface area (Å²) in [4.78, 5) is 16.8. The van der Waals surface area contributed by atoms with Crippen molar-refractivity contribution in [3.05, 3.63) is 34.2 Å². The summed E-state index contributed by atoms with van der Waals surface area (Å²) in [5, 5.41) is 7.76. The Morgan fingerprint density at radius 2 is 1.91 bits per heavy atom. The van der Waals surface area contributed by atoms with Gasteiger partial charge in [-0.3, -0.25) is 0 Å². The number of anilines is 1. The van der Waals surface area contributed by atoms with Crippen LogP contribution in [-0.4, -0.2) is 47.0 Å². The van der Waals surface area contributed by atoms with E-state index in [0.717, 1.165) is 65.3 Å². The normalized spacial score (nSPS) is 16.9. The molecule has 8 nitrogen and oxygen atoms in total. The van der Waals surface area contributed by atoms with Crippen LogP contribution in [0, 0.1) is 6.92 Å². The van der Waals surface area contributed by atoms with E-state index >= 15 is 0 Å². The van der Waals surface area contributed by atoms with Gasteiger partial charge in [-0.1, -0.05) is 6.07 Å². The third kappa shape index (κ3) is 4.39. The first kappa shape index (κ1) is 23.5. The van der Waals surface area contributed by atoms with E-state index in [1.807, 2.05) is 30.7 Å². The molecule has 1 saturated heterocycles. The lowest BCUT2D eigenvalue weighted by Crippen LogP contribution is -2.40. The van der Waals surface area contributed by atoms with Crippen LogP contribution in [0.1, 0.15) is 64.1 Å². The van der Waals surface area contributed by atoms with E-state index in [4.69, 9.17) is 15.1 Å². The standard InChI is InChI=1S/C24H31N7OS2/c1-15-11-17(16(2)29-34(32)24(3,4)5)20-18(12-15)22-27-21(19-13-33-14-25-19)28-31(22)23(26-20)30-9-7-6-8-10-30/h11-14,16,29H,6-10H2,1-5H3/t16-,34?/m1/s1. The van der Waals surface area contributed by atoms with Crippen LogP contribution in [-0.2, 0) is 11.4 Å². The highest BCUT2D eigenvalue weighted by molar-refractivity contribution is 7.90. The van der Waals surface area contributed by atoms with E-state index in [9.17, 15) is 4.55 Å². The molecular formula is C24H31N7OS2. The lowest BCUT2D eigenvalue weighted by atomic mass is 10.0. The highest BCUT2D eigenvalue weighted by Crippen LogP contribution is 2.32. The summed E-state index contributed by atoms with van der Waals surface area (Å²) < 4.78 is 17.7. The van der Waals surface area contributed by atoms with Crippen molar-refractivity contribution in [2.75, 3.05) is 18.0 Å². The van der Waals surface area contributed by atoms with Crippen molar-refractivity contribution in [2.24, 2.45) is 0 Å². The summed E-state index contributed by atoms with van der Waals surface area (Å²) in [6.07, 6.45) is 3.51. The smallest absolute Gasteiger partial charge is 0.229 e. The summed E-state index contributed by atoms with van der Waals surface area (Å²) in [5.74, 6) is 1.42. The zero-order chi connectivity index (χ0) is 24.0. The number of hydrogen-bond acceptors (Lipinski definition) is 8. The van der Waals surface area contributed by atoms with E-state index in [2.05, 4.69) is 40.6 Å². The Labute approximate surface area is 207 Å². The second-order valence-electron chi connectivity index (χ2n) is 9.97. The van der Waals surface area contributed by atoms with E-state index < -0.39 is 11.4 Å². The maximum atomic E-state index is 12.9. The number of piperidine rings is 1. The number of benzene rings is 1. The summed E-state index contributed by atoms with van der Waals surface area (Å²) in [7, 11) is 0. The molecule has 3 aromatic heterocycles. The van der Waals surface area contributed by atoms with Gasteiger partial charge in [0, 0.05) is 40.8 Å². The van der Waals surface area contributed by atoms with Crippen molar-refractivity contribution < 1.29 is 4.55 Å². The Morgan fingerprint density at radius 1 is 1.15 bits per heavy atom. The van der Waals surface area contributed by atoms with Gasteiger partial charge in [-0.25, -0.2) is 15.0 Å². The van der Waals surface area contributed by atoms with Gasteiger partial charge < -0.3 is 9.45 Å². The van der Waals surface area contributed by atoms with Gasteiger partial charge in [0.1, 0.15) is 10.4 Å². The SMILES string of the molecule is Cc1cc([C@@H](C)N[S+]([O-])C(C)(C)C)c2nc(N3CCCCC3)n3nc(-c4cscn4)nc3c2c1. The maximum Gasteiger partial charge on any atom is 0.229 e. The molecule has 5 rings (SSSR count). The third-order valence-corrected chi connectivity index (χ3v) is 8.41. The molecule has 1 aromatic carbocycles. The summed E-state index contributed by atoms with van der Waals surface area (Å²) in [6, 6.07) is 4.11. The first-order valence-electron chi connectivity index (χ1n) is 11.7. The minimum absolute atomic E-state index is 0.146. The number of nitrogens with one attached hydrogen (secondary N) is 1. The molecule has 0 bridgehead atoms. The predicted molar refractivity (Wildman–Crippen MR) is 140 cm³/mol. The van der Waals surface area contributed by atoms with Crippen molar-refractivity contribution in [3.63, 3.8) is 0 Å². The van der Waals surface area contributed by atoms with Crippen LogP contribution in [0.3, 0.4) is 0 Å². The number of aryl methyl sites for hydroxylation is 1. The fraction of sp³-hybridized carbons (Fsp3) is 0.500. The quantitative estimate of drug-likeness (QED) is 0.395. The summed E-state index contributed by atoms with van der Waals surface area (Å²) >= 11 is 0.334. The second kappa shape index (κ2) is 9.07. The molecule has 34 heavy (non-hydrogen) atoms. The van der Waals surface area contributed by atoms with Crippen molar-refractivity contribution >= 4 is 45.2 Å². The molecule has 1 aliphatic heterocycles. The minimum Gasteiger partial charge on any atom is -0.598 e. The number of rotatable bonds is 5. The molecule has 1 unspecified atom stereocenters. The Hall–Kier alpha value is -2.27. The molecule has 1 aliphatic rings. The number of thiazole rings is 1. The number of nitrogens with zero attached hydrogens (tertiary/aromatic N) is 6. The van der Waals surface area contributed by atoms with Gasteiger partial charge in [-0.15, -0.1) is 21.2 Å². The van der Waals surface area contributed by atoms with E-state index in [-0.39, 0.29) is 10.8 Å². The molecule has 10 heteroatoms. The van der Waals surface area contributed by atoms with E-state index in [1.165, 1.54) is 17.8 Å². The number of aromatic nitrogens is 5. The molecule has 0 saturated carbocycles. The minimum atomic E-state index is -1.20. The average Bonchev–Trinajstić information content (AvgIpc) is 3.48. The molecule has 0 radical (unpaired) electrons. The molecular weight excluding hydrogens is 466 g/mol. The molecule has 4 aromatic rings. The molecule has 1 fully saturated rings. The molecule has 0 spiro atoms. The lowest BCUT2D eigenvalue weighted by molar-refractivity contribution is 0.531. The molecule has 0 amide bonds.